The summed E-state index contributed by atoms with van der Waals surface area (Å²) in [5.41, 5.74) is 0. The summed E-state index contributed by atoms with van der Waals surface area (Å²) in [4.78, 5) is 38.2. The quantitative estimate of drug-likeness (QED) is 0.0261. The van der Waals surface area contributed by atoms with Crippen LogP contribution >= 0.6 is 0 Å². The Kier molecular flexibility index (Phi) is 57.3. The molecular formula is C66H114O6. The zero-order valence-corrected chi connectivity index (χ0v) is 47.4. The first-order valence-electron chi connectivity index (χ1n) is 30.6. The number of carbonyl (C=O) groups is 3. The van der Waals surface area contributed by atoms with Gasteiger partial charge in [0.2, 0.25) is 0 Å². The van der Waals surface area contributed by atoms with Crippen molar-refractivity contribution in [2.24, 2.45) is 0 Å². The maximum atomic E-state index is 12.9. The van der Waals surface area contributed by atoms with E-state index in [0.717, 1.165) is 116 Å². The van der Waals surface area contributed by atoms with E-state index in [9.17, 15) is 14.4 Å². The summed E-state index contributed by atoms with van der Waals surface area (Å²) in [6, 6.07) is 0. The van der Waals surface area contributed by atoms with E-state index >= 15 is 0 Å². The summed E-state index contributed by atoms with van der Waals surface area (Å²) in [6.45, 7) is 6.50. The second kappa shape index (κ2) is 60.1. The largest absolute Gasteiger partial charge is 0.462 e. The third-order valence-corrected chi connectivity index (χ3v) is 13.1. The summed E-state index contributed by atoms with van der Waals surface area (Å²) in [5.74, 6) is -0.903. The molecule has 0 aromatic rings. The van der Waals surface area contributed by atoms with Crippen LogP contribution in [0.3, 0.4) is 0 Å². The van der Waals surface area contributed by atoms with Crippen LogP contribution in [0.1, 0.15) is 297 Å². The average molecular weight is 1000 g/mol. The number of unbranched alkanes of at least 4 members (excludes halogenated alkanes) is 30. The molecule has 0 N–H and O–H groups in total. The summed E-state index contributed by atoms with van der Waals surface area (Å²) in [6.07, 6.45) is 78.6. The molecule has 0 aromatic heterocycles. The zero-order chi connectivity index (χ0) is 52.2. The lowest BCUT2D eigenvalue weighted by molar-refractivity contribution is -0.167. The van der Waals surface area contributed by atoms with E-state index in [0.29, 0.717) is 19.3 Å². The number of hydrogen-bond acceptors (Lipinski definition) is 6. The van der Waals surface area contributed by atoms with Crippen molar-refractivity contribution in [3.05, 3.63) is 85.1 Å². The molecule has 0 fully saturated rings. The predicted molar refractivity (Wildman–Crippen MR) is 311 cm³/mol. The fraction of sp³-hybridized carbons (Fsp3) is 0.742. The molecule has 1 unspecified atom stereocenters. The molecule has 0 saturated carbocycles. The zero-order valence-electron chi connectivity index (χ0n) is 47.4. The van der Waals surface area contributed by atoms with Gasteiger partial charge < -0.3 is 14.2 Å². The molecule has 0 aliphatic rings. The molecular weight excluding hydrogens is 889 g/mol. The number of esters is 3. The fourth-order valence-electron chi connectivity index (χ4n) is 8.52. The van der Waals surface area contributed by atoms with Crippen LogP contribution in [0.2, 0.25) is 0 Å². The van der Waals surface area contributed by atoms with Gasteiger partial charge in [0.15, 0.2) is 6.10 Å². The molecule has 0 rings (SSSR count). The third kappa shape index (κ3) is 57.5. The Balaban J connectivity index is 4.37. The van der Waals surface area contributed by atoms with Crippen LogP contribution in [0.15, 0.2) is 85.1 Å². The van der Waals surface area contributed by atoms with Crippen molar-refractivity contribution in [1.82, 2.24) is 0 Å². The van der Waals surface area contributed by atoms with Crippen LogP contribution in [-0.2, 0) is 28.6 Å². The molecule has 1 atom stereocenters. The Bertz CT molecular complexity index is 1380. The molecule has 0 saturated heterocycles. The summed E-state index contributed by atoms with van der Waals surface area (Å²) < 4.78 is 16.9. The lowest BCUT2D eigenvalue weighted by Gasteiger charge is -2.18. The van der Waals surface area contributed by atoms with Gasteiger partial charge in [-0.1, -0.05) is 247 Å². The van der Waals surface area contributed by atoms with E-state index in [2.05, 4.69) is 106 Å². The Morgan fingerprint density at radius 1 is 0.292 bits per heavy atom. The monoisotopic (exact) mass is 1000 g/mol. The van der Waals surface area contributed by atoms with Gasteiger partial charge >= 0.3 is 17.9 Å². The Morgan fingerprint density at radius 2 is 0.542 bits per heavy atom. The minimum Gasteiger partial charge on any atom is -0.462 e. The lowest BCUT2D eigenvalue weighted by Crippen LogP contribution is -2.30. The Labute approximate surface area is 445 Å². The number of carbonyl (C=O) groups excluding carboxylic acids is 3. The van der Waals surface area contributed by atoms with Crippen LogP contribution in [0.25, 0.3) is 0 Å². The molecule has 414 valence electrons. The average Bonchev–Trinajstić information content (AvgIpc) is 3.38. The Morgan fingerprint density at radius 3 is 0.889 bits per heavy atom. The molecule has 0 amide bonds. The fourth-order valence-corrected chi connectivity index (χ4v) is 8.52. The van der Waals surface area contributed by atoms with Gasteiger partial charge in [0.05, 0.1) is 0 Å². The van der Waals surface area contributed by atoms with Crippen molar-refractivity contribution in [1.29, 1.82) is 0 Å². The SMILES string of the molecule is CC/C=C\C/C=C\C/C=C\C/C=C\CCCCCCCCCCCCC(=O)OCC(COC(=O)CCCCCCC/C=C\C/C=C\CCCCC)OC(=O)CCCCCCC/C=C\CCCCCCCCC. The van der Waals surface area contributed by atoms with Gasteiger partial charge in [0, 0.05) is 19.3 Å². The van der Waals surface area contributed by atoms with Gasteiger partial charge in [-0.05, 0) is 116 Å². The molecule has 0 bridgehead atoms. The van der Waals surface area contributed by atoms with Gasteiger partial charge in [0.25, 0.3) is 0 Å². The smallest absolute Gasteiger partial charge is 0.306 e. The van der Waals surface area contributed by atoms with E-state index in [-0.39, 0.29) is 31.1 Å². The topological polar surface area (TPSA) is 78.9 Å². The summed E-state index contributed by atoms with van der Waals surface area (Å²) in [5, 5.41) is 0. The first-order chi connectivity index (χ1) is 35.5. The van der Waals surface area contributed by atoms with Crippen molar-refractivity contribution in [3.63, 3.8) is 0 Å². The number of allylic oxidation sites excluding steroid dienone is 14. The molecule has 0 radical (unpaired) electrons. The first-order valence-corrected chi connectivity index (χ1v) is 30.6. The highest BCUT2D eigenvalue weighted by atomic mass is 16.6. The number of rotatable bonds is 55. The molecule has 6 nitrogen and oxygen atoms in total. The van der Waals surface area contributed by atoms with Gasteiger partial charge in [0.1, 0.15) is 13.2 Å². The highest BCUT2D eigenvalue weighted by Gasteiger charge is 2.19. The third-order valence-electron chi connectivity index (χ3n) is 13.1. The van der Waals surface area contributed by atoms with Crippen LogP contribution in [0, 0.1) is 0 Å². The standard InChI is InChI=1S/C66H114O6/c1-4-7-10-13-16-19-22-25-28-30-31-32-33-34-35-36-39-41-44-47-50-53-56-59-65(68)71-62-63(61-70-64(67)58-55-52-49-46-43-40-37-27-24-21-18-15-12-9-6-3)72-66(69)60-57-54-51-48-45-42-38-29-26-23-20-17-14-11-8-5-2/h7,10,16,18-19,21,25,27-29,31-32,37-38,63H,4-6,8-9,11-15,17,20,22-24,26,30,33-36,39-62H2,1-3H3/b10-7-,19-16-,21-18-,28-25-,32-31-,37-27-,38-29-. The molecule has 0 spiro atoms. The van der Waals surface area contributed by atoms with Crippen molar-refractivity contribution < 1.29 is 28.6 Å². The lowest BCUT2D eigenvalue weighted by atomic mass is 10.1. The first kappa shape index (κ1) is 68.6. The maximum absolute atomic E-state index is 12.9. The van der Waals surface area contributed by atoms with E-state index in [1.54, 1.807) is 0 Å². The predicted octanol–water partition coefficient (Wildman–Crippen LogP) is 20.7. The maximum Gasteiger partial charge on any atom is 0.306 e. The number of ether oxygens (including phenoxy) is 3. The second-order valence-corrected chi connectivity index (χ2v) is 20.2. The van der Waals surface area contributed by atoms with Crippen LogP contribution < -0.4 is 0 Å². The van der Waals surface area contributed by atoms with Crippen LogP contribution in [0.4, 0.5) is 0 Å². The number of hydrogen-bond donors (Lipinski definition) is 0. The molecule has 0 heterocycles. The van der Waals surface area contributed by atoms with Gasteiger partial charge in [-0.15, -0.1) is 0 Å². The minimum absolute atomic E-state index is 0.0858. The van der Waals surface area contributed by atoms with E-state index < -0.39 is 6.10 Å². The van der Waals surface area contributed by atoms with Crippen LogP contribution in [-0.4, -0.2) is 37.2 Å². The van der Waals surface area contributed by atoms with E-state index in [1.165, 1.54) is 141 Å². The van der Waals surface area contributed by atoms with Crippen LogP contribution in [0.5, 0.6) is 0 Å². The molecule has 0 aliphatic heterocycles. The molecule has 72 heavy (non-hydrogen) atoms. The highest BCUT2D eigenvalue weighted by Crippen LogP contribution is 2.15. The van der Waals surface area contributed by atoms with E-state index in [4.69, 9.17) is 14.2 Å². The molecule has 0 aliphatic carbocycles. The minimum atomic E-state index is -0.789. The summed E-state index contributed by atoms with van der Waals surface area (Å²) in [7, 11) is 0. The summed E-state index contributed by atoms with van der Waals surface area (Å²) >= 11 is 0. The van der Waals surface area contributed by atoms with Gasteiger partial charge in [-0.2, -0.15) is 0 Å². The molecule has 0 aromatic carbocycles. The van der Waals surface area contributed by atoms with E-state index in [1.807, 2.05) is 0 Å². The molecule has 6 heteroatoms. The normalized spacial score (nSPS) is 12.7. The Hall–Kier alpha value is -3.41. The van der Waals surface area contributed by atoms with Crippen molar-refractivity contribution in [2.45, 2.75) is 303 Å². The van der Waals surface area contributed by atoms with Crippen molar-refractivity contribution in [3.8, 4) is 0 Å². The van der Waals surface area contributed by atoms with Gasteiger partial charge in [-0.25, -0.2) is 0 Å². The van der Waals surface area contributed by atoms with Crippen molar-refractivity contribution in [2.75, 3.05) is 13.2 Å². The van der Waals surface area contributed by atoms with Crippen molar-refractivity contribution >= 4 is 17.9 Å². The highest BCUT2D eigenvalue weighted by molar-refractivity contribution is 5.71. The second-order valence-electron chi connectivity index (χ2n) is 20.2. The van der Waals surface area contributed by atoms with Gasteiger partial charge in [-0.3, -0.25) is 14.4 Å².